The zero-order valence-corrected chi connectivity index (χ0v) is 17.2. The standard InChI is InChI=1S/C19H27N5O2S/c1-13-11-20-17(27-13)21-18(26)23-9-7-14(8-10-23)12-24-16(25)6-5-15(22-24)19(2,3)4/h5-6,11,14H,7-10,12H2,1-4H3,(H,20,21,26). The Morgan fingerprint density at radius 3 is 2.59 bits per heavy atom. The molecule has 3 rings (SSSR count). The van der Waals surface area contributed by atoms with Gasteiger partial charge in [0.1, 0.15) is 0 Å². The highest BCUT2D eigenvalue weighted by Gasteiger charge is 2.25. The SMILES string of the molecule is Cc1cnc(NC(=O)N2CCC(Cn3nc(C(C)(C)C)ccc3=O)CC2)s1. The number of nitrogens with zero attached hydrogens (tertiary/aromatic N) is 4. The molecule has 7 nitrogen and oxygen atoms in total. The number of amides is 2. The van der Waals surface area contributed by atoms with Gasteiger partial charge in [0.15, 0.2) is 5.13 Å². The highest BCUT2D eigenvalue weighted by atomic mass is 32.1. The molecule has 0 saturated carbocycles. The Morgan fingerprint density at radius 2 is 2.00 bits per heavy atom. The number of carbonyl (C=O) groups excluding carboxylic acids is 1. The molecular weight excluding hydrogens is 362 g/mol. The summed E-state index contributed by atoms with van der Waals surface area (Å²) in [7, 11) is 0. The minimum Gasteiger partial charge on any atom is -0.324 e. The van der Waals surface area contributed by atoms with Crippen LogP contribution in [0.4, 0.5) is 9.93 Å². The fourth-order valence-electron chi connectivity index (χ4n) is 3.13. The average Bonchev–Trinajstić information content (AvgIpc) is 3.01. The summed E-state index contributed by atoms with van der Waals surface area (Å²) in [6.45, 7) is 10.2. The quantitative estimate of drug-likeness (QED) is 0.874. The Kier molecular flexibility index (Phi) is 5.64. The van der Waals surface area contributed by atoms with Crippen LogP contribution in [0.3, 0.4) is 0 Å². The topological polar surface area (TPSA) is 80.1 Å². The van der Waals surface area contributed by atoms with E-state index in [4.69, 9.17) is 0 Å². The van der Waals surface area contributed by atoms with E-state index in [0.717, 1.165) is 23.4 Å². The van der Waals surface area contributed by atoms with Gasteiger partial charge in [0.05, 0.1) is 5.69 Å². The summed E-state index contributed by atoms with van der Waals surface area (Å²) in [5, 5.41) is 8.05. The third kappa shape index (κ3) is 4.94. The van der Waals surface area contributed by atoms with Gasteiger partial charge < -0.3 is 4.90 Å². The Hall–Kier alpha value is -2.22. The molecule has 0 aromatic carbocycles. The molecule has 0 spiro atoms. The molecule has 0 radical (unpaired) electrons. The predicted molar refractivity (Wildman–Crippen MR) is 107 cm³/mol. The lowest BCUT2D eigenvalue weighted by molar-refractivity contribution is 0.174. The largest absolute Gasteiger partial charge is 0.324 e. The summed E-state index contributed by atoms with van der Waals surface area (Å²) in [6.07, 6.45) is 3.47. The van der Waals surface area contributed by atoms with E-state index >= 15 is 0 Å². The number of hydrogen-bond donors (Lipinski definition) is 1. The minimum atomic E-state index is -0.104. The number of nitrogens with one attached hydrogen (secondary N) is 1. The van der Waals surface area contributed by atoms with E-state index in [9.17, 15) is 9.59 Å². The van der Waals surface area contributed by atoms with E-state index in [2.05, 4.69) is 36.2 Å². The summed E-state index contributed by atoms with van der Waals surface area (Å²) in [6, 6.07) is 3.31. The maximum atomic E-state index is 12.4. The first kappa shape index (κ1) is 19.5. The number of piperidine rings is 1. The van der Waals surface area contributed by atoms with Gasteiger partial charge in [-0.1, -0.05) is 20.8 Å². The molecule has 3 heterocycles. The Bertz CT molecular complexity index is 859. The van der Waals surface area contributed by atoms with Crippen molar-refractivity contribution >= 4 is 22.5 Å². The van der Waals surface area contributed by atoms with Crippen LogP contribution in [0.5, 0.6) is 0 Å². The van der Waals surface area contributed by atoms with Crippen molar-refractivity contribution in [2.45, 2.75) is 52.5 Å². The lowest BCUT2D eigenvalue weighted by atomic mass is 9.92. The lowest BCUT2D eigenvalue weighted by Crippen LogP contribution is -2.42. The van der Waals surface area contributed by atoms with Crippen LogP contribution < -0.4 is 10.9 Å². The summed E-state index contributed by atoms with van der Waals surface area (Å²) in [4.78, 5) is 31.6. The van der Waals surface area contributed by atoms with Crippen LogP contribution >= 0.6 is 11.3 Å². The number of likely N-dealkylation sites (tertiary alicyclic amines) is 1. The maximum Gasteiger partial charge on any atom is 0.323 e. The number of hydrogen-bond acceptors (Lipinski definition) is 5. The monoisotopic (exact) mass is 389 g/mol. The number of rotatable bonds is 3. The number of urea groups is 1. The van der Waals surface area contributed by atoms with Gasteiger partial charge in [0, 0.05) is 42.2 Å². The van der Waals surface area contributed by atoms with Crippen LogP contribution in [0.1, 0.15) is 44.2 Å². The van der Waals surface area contributed by atoms with Gasteiger partial charge in [-0.25, -0.2) is 14.5 Å². The van der Waals surface area contributed by atoms with E-state index in [1.807, 2.05) is 17.9 Å². The average molecular weight is 390 g/mol. The molecule has 2 amide bonds. The van der Waals surface area contributed by atoms with Crippen molar-refractivity contribution in [2.75, 3.05) is 18.4 Å². The second kappa shape index (κ2) is 7.80. The van der Waals surface area contributed by atoms with Gasteiger partial charge in [-0.05, 0) is 31.7 Å². The molecule has 1 saturated heterocycles. The first-order valence-corrected chi connectivity index (χ1v) is 10.1. The normalized spacial score (nSPS) is 15.8. The summed E-state index contributed by atoms with van der Waals surface area (Å²) >= 11 is 1.47. The van der Waals surface area contributed by atoms with Crippen molar-refractivity contribution in [3.05, 3.63) is 39.3 Å². The third-order valence-electron chi connectivity index (χ3n) is 4.80. The molecule has 0 unspecified atom stereocenters. The summed E-state index contributed by atoms with van der Waals surface area (Å²) in [5.74, 6) is 0.344. The number of aryl methyl sites for hydroxylation is 1. The second-order valence-electron chi connectivity index (χ2n) is 8.13. The highest BCUT2D eigenvalue weighted by Crippen LogP contribution is 2.22. The lowest BCUT2D eigenvalue weighted by Gasteiger charge is -2.32. The van der Waals surface area contributed by atoms with Gasteiger partial charge in [-0.3, -0.25) is 10.1 Å². The molecule has 146 valence electrons. The van der Waals surface area contributed by atoms with Crippen LogP contribution in [0, 0.1) is 12.8 Å². The van der Waals surface area contributed by atoms with Gasteiger partial charge in [-0.2, -0.15) is 5.10 Å². The van der Waals surface area contributed by atoms with Crippen molar-refractivity contribution in [2.24, 2.45) is 5.92 Å². The molecule has 2 aromatic heterocycles. The fourth-order valence-corrected chi connectivity index (χ4v) is 3.78. The minimum absolute atomic E-state index is 0.0673. The van der Waals surface area contributed by atoms with Crippen LogP contribution in [-0.4, -0.2) is 38.8 Å². The van der Waals surface area contributed by atoms with E-state index in [1.165, 1.54) is 11.3 Å². The van der Waals surface area contributed by atoms with E-state index in [1.54, 1.807) is 16.9 Å². The van der Waals surface area contributed by atoms with Gasteiger partial charge in [0.25, 0.3) is 5.56 Å². The molecular formula is C19H27N5O2S. The molecule has 8 heteroatoms. The van der Waals surface area contributed by atoms with Gasteiger partial charge >= 0.3 is 6.03 Å². The van der Waals surface area contributed by atoms with Crippen molar-refractivity contribution in [1.29, 1.82) is 0 Å². The molecule has 1 aliphatic heterocycles. The van der Waals surface area contributed by atoms with Crippen LogP contribution in [0.15, 0.2) is 23.1 Å². The fraction of sp³-hybridized carbons (Fsp3) is 0.579. The van der Waals surface area contributed by atoms with Gasteiger partial charge in [0.2, 0.25) is 0 Å². The number of anilines is 1. The number of thiazole rings is 1. The first-order valence-electron chi connectivity index (χ1n) is 9.29. The molecule has 27 heavy (non-hydrogen) atoms. The third-order valence-corrected chi connectivity index (χ3v) is 5.63. The van der Waals surface area contributed by atoms with E-state index in [-0.39, 0.29) is 17.0 Å². The zero-order valence-electron chi connectivity index (χ0n) is 16.4. The Balaban J connectivity index is 1.57. The maximum absolute atomic E-state index is 12.4. The molecule has 1 N–H and O–H groups in total. The van der Waals surface area contributed by atoms with Crippen LogP contribution in [0.25, 0.3) is 0 Å². The molecule has 0 atom stereocenters. The van der Waals surface area contributed by atoms with Crippen molar-refractivity contribution in [3.8, 4) is 0 Å². The van der Waals surface area contributed by atoms with E-state index in [0.29, 0.717) is 30.7 Å². The molecule has 0 aliphatic carbocycles. The van der Waals surface area contributed by atoms with Crippen LogP contribution in [-0.2, 0) is 12.0 Å². The van der Waals surface area contributed by atoms with Crippen LogP contribution in [0.2, 0.25) is 0 Å². The van der Waals surface area contributed by atoms with Gasteiger partial charge in [-0.15, -0.1) is 11.3 Å². The van der Waals surface area contributed by atoms with E-state index < -0.39 is 0 Å². The summed E-state index contributed by atoms with van der Waals surface area (Å²) < 4.78 is 1.58. The molecule has 0 bridgehead atoms. The molecule has 1 fully saturated rings. The van der Waals surface area contributed by atoms with Crippen molar-refractivity contribution in [3.63, 3.8) is 0 Å². The zero-order chi connectivity index (χ0) is 19.6. The number of aromatic nitrogens is 3. The predicted octanol–water partition coefficient (Wildman–Crippen LogP) is 3.25. The smallest absolute Gasteiger partial charge is 0.323 e. The second-order valence-corrected chi connectivity index (χ2v) is 9.36. The molecule has 2 aromatic rings. The van der Waals surface area contributed by atoms with Crippen molar-refractivity contribution in [1.82, 2.24) is 19.7 Å². The molecule has 1 aliphatic rings. The highest BCUT2D eigenvalue weighted by molar-refractivity contribution is 7.15. The summed E-state index contributed by atoms with van der Waals surface area (Å²) in [5.41, 5.74) is 0.755. The Labute approximate surface area is 163 Å². The van der Waals surface area contributed by atoms with Crippen molar-refractivity contribution < 1.29 is 4.79 Å². The number of carbonyl (C=O) groups is 1. The Morgan fingerprint density at radius 1 is 1.30 bits per heavy atom. The first-order chi connectivity index (χ1) is 12.7.